The van der Waals surface area contributed by atoms with Crippen molar-refractivity contribution in [3.05, 3.63) is 59.7 Å². The van der Waals surface area contributed by atoms with Crippen LogP contribution >= 0.6 is 11.6 Å². The Morgan fingerprint density at radius 3 is 2.46 bits per heavy atom. The Hall–Kier alpha value is -2.86. The molecule has 1 unspecified atom stereocenters. The van der Waals surface area contributed by atoms with Gasteiger partial charge in [-0.25, -0.2) is 9.79 Å². The highest BCUT2D eigenvalue weighted by Crippen LogP contribution is 2.20. The van der Waals surface area contributed by atoms with Gasteiger partial charge in [0, 0.05) is 49.8 Å². The van der Waals surface area contributed by atoms with E-state index in [1.807, 2.05) is 31.3 Å². The third-order valence-electron chi connectivity index (χ3n) is 4.42. The number of cyclic esters (lactones) is 1. The molecule has 146 valence electrons. The zero-order chi connectivity index (χ0) is 20.1. The highest BCUT2D eigenvalue weighted by molar-refractivity contribution is 6.18. The molecule has 1 N–H and O–H groups in total. The van der Waals surface area contributed by atoms with Gasteiger partial charge < -0.3 is 15.0 Å². The average molecular weight is 400 g/mol. The first-order valence-electron chi connectivity index (χ1n) is 9.00. The van der Waals surface area contributed by atoms with Gasteiger partial charge in [0.1, 0.15) is 0 Å². The van der Waals surface area contributed by atoms with Crippen LogP contribution in [0.15, 0.2) is 53.5 Å². The first kappa shape index (κ1) is 19.9. The van der Waals surface area contributed by atoms with Crippen LogP contribution in [-0.4, -0.2) is 43.3 Å². The number of rotatable bonds is 7. The van der Waals surface area contributed by atoms with Crippen LogP contribution in [0, 0.1) is 0 Å². The number of nitrogens with zero attached hydrogens (tertiary/aromatic N) is 2. The summed E-state index contributed by atoms with van der Waals surface area (Å²) in [6, 6.07) is 14.5. The van der Waals surface area contributed by atoms with Gasteiger partial charge in [0.05, 0.1) is 0 Å². The minimum absolute atomic E-state index is 0.141. The maximum absolute atomic E-state index is 12.2. The van der Waals surface area contributed by atoms with Crippen molar-refractivity contribution in [2.45, 2.75) is 19.4 Å². The molecule has 0 saturated carbocycles. The van der Waals surface area contributed by atoms with E-state index in [1.165, 1.54) is 6.92 Å². The largest absolute Gasteiger partial charge is 0.406 e. The Kier molecular flexibility index (Phi) is 6.31. The van der Waals surface area contributed by atoms with E-state index in [0.717, 1.165) is 17.8 Å². The minimum atomic E-state index is -0.559. The third-order valence-corrected chi connectivity index (χ3v) is 4.59. The summed E-state index contributed by atoms with van der Waals surface area (Å²) in [5.74, 6) is 0.375. The van der Waals surface area contributed by atoms with Crippen LogP contribution in [0.3, 0.4) is 0 Å². The number of amides is 1. The van der Waals surface area contributed by atoms with Crippen molar-refractivity contribution < 1.29 is 14.3 Å². The van der Waals surface area contributed by atoms with Crippen molar-refractivity contribution in [1.82, 2.24) is 0 Å². The number of nitrogens with one attached hydrogen (secondary N) is 1. The second-order valence-electron chi connectivity index (χ2n) is 6.61. The predicted molar refractivity (Wildman–Crippen MR) is 111 cm³/mol. The number of benzene rings is 2. The molecular weight excluding hydrogens is 378 g/mol. The van der Waals surface area contributed by atoms with E-state index in [9.17, 15) is 9.59 Å². The summed E-state index contributed by atoms with van der Waals surface area (Å²) in [6.07, 6.45) is 0.478. The molecule has 0 aliphatic carbocycles. The summed E-state index contributed by atoms with van der Waals surface area (Å²) >= 11 is 5.78. The fraction of sp³-hybridized carbons (Fsp3) is 0.286. The molecule has 2 aromatic rings. The molecule has 1 aliphatic heterocycles. The molecule has 0 spiro atoms. The first-order valence-corrected chi connectivity index (χ1v) is 9.53. The molecule has 1 aliphatic rings. The Morgan fingerprint density at radius 2 is 1.86 bits per heavy atom. The van der Waals surface area contributed by atoms with Gasteiger partial charge in [0.2, 0.25) is 11.8 Å². The number of alkyl halides is 1. The fourth-order valence-corrected chi connectivity index (χ4v) is 3.16. The molecule has 2 aromatic carbocycles. The lowest BCUT2D eigenvalue weighted by Crippen LogP contribution is -2.20. The Balaban J connectivity index is 1.67. The number of hydrogen-bond acceptors (Lipinski definition) is 5. The van der Waals surface area contributed by atoms with E-state index in [1.54, 1.807) is 24.3 Å². The SMILES string of the molecule is CC(=O)Nc1ccc(C2=NC(Cc3ccc(N(C)CCCl)cc3)C(=O)O2)cc1. The molecule has 6 nitrogen and oxygen atoms in total. The summed E-state index contributed by atoms with van der Waals surface area (Å²) in [6.45, 7) is 2.22. The minimum Gasteiger partial charge on any atom is -0.406 e. The van der Waals surface area contributed by atoms with E-state index in [-0.39, 0.29) is 11.9 Å². The van der Waals surface area contributed by atoms with Crippen molar-refractivity contribution in [1.29, 1.82) is 0 Å². The lowest BCUT2D eigenvalue weighted by Gasteiger charge is -2.18. The molecule has 1 atom stereocenters. The first-order chi connectivity index (χ1) is 13.5. The molecule has 0 bridgehead atoms. The molecular formula is C21H22ClN3O3. The van der Waals surface area contributed by atoms with Crippen LogP contribution in [0.5, 0.6) is 0 Å². The number of carbonyl (C=O) groups is 2. The van der Waals surface area contributed by atoms with Gasteiger partial charge in [-0.15, -0.1) is 11.6 Å². The quantitative estimate of drug-likeness (QED) is 0.573. The molecule has 7 heteroatoms. The number of esters is 1. The maximum atomic E-state index is 12.2. The summed E-state index contributed by atoms with van der Waals surface area (Å²) < 4.78 is 5.35. The van der Waals surface area contributed by atoms with E-state index < -0.39 is 6.04 Å². The van der Waals surface area contributed by atoms with Crippen LogP contribution in [0.2, 0.25) is 0 Å². The highest BCUT2D eigenvalue weighted by Gasteiger charge is 2.29. The number of hydrogen-bond donors (Lipinski definition) is 1. The number of aliphatic imine (C=N–C) groups is 1. The van der Waals surface area contributed by atoms with Crippen molar-refractivity contribution in [2.75, 3.05) is 29.7 Å². The second kappa shape index (κ2) is 8.89. The number of halogens is 1. The molecule has 0 fully saturated rings. The monoisotopic (exact) mass is 399 g/mol. The van der Waals surface area contributed by atoms with Crippen molar-refractivity contribution in [3.8, 4) is 0 Å². The van der Waals surface area contributed by atoms with Gasteiger partial charge in [-0.3, -0.25) is 4.79 Å². The third kappa shape index (κ3) is 4.89. The van der Waals surface area contributed by atoms with E-state index in [2.05, 4.69) is 15.2 Å². The van der Waals surface area contributed by atoms with Crippen molar-refractivity contribution in [3.63, 3.8) is 0 Å². The number of ether oxygens (including phenoxy) is 1. The van der Waals surface area contributed by atoms with Gasteiger partial charge >= 0.3 is 5.97 Å². The fourth-order valence-electron chi connectivity index (χ4n) is 2.91. The average Bonchev–Trinajstić information content (AvgIpc) is 3.03. The van der Waals surface area contributed by atoms with Crippen LogP contribution in [0.1, 0.15) is 18.1 Å². The van der Waals surface area contributed by atoms with Gasteiger partial charge in [-0.05, 0) is 42.0 Å². The number of anilines is 2. The smallest absolute Gasteiger partial charge is 0.338 e. The van der Waals surface area contributed by atoms with Crippen LogP contribution in [-0.2, 0) is 20.7 Å². The van der Waals surface area contributed by atoms with E-state index in [4.69, 9.17) is 16.3 Å². The van der Waals surface area contributed by atoms with Gasteiger partial charge in [-0.2, -0.15) is 0 Å². The van der Waals surface area contributed by atoms with Gasteiger partial charge in [0.25, 0.3) is 0 Å². The lowest BCUT2D eigenvalue weighted by molar-refractivity contribution is -0.134. The summed E-state index contributed by atoms with van der Waals surface area (Å²) in [5, 5.41) is 2.70. The Morgan fingerprint density at radius 1 is 1.18 bits per heavy atom. The van der Waals surface area contributed by atoms with E-state index in [0.29, 0.717) is 29.4 Å². The molecule has 1 amide bonds. The second-order valence-corrected chi connectivity index (χ2v) is 6.99. The predicted octanol–water partition coefficient (Wildman–Crippen LogP) is 3.23. The van der Waals surface area contributed by atoms with Crippen molar-refractivity contribution in [2.24, 2.45) is 4.99 Å². The molecule has 1 heterocycles. The lowest BCUT2D eigenvalue weighted by atomic mass is 10.1. The van der Waals surface area contributed by atoms with E-state index >= 15 is 0 Å². The zero-order valence-electron chi connectivity index (χ0n) is 15.8. The van der Waals surface area contributed by atoms with Crippen LogP contribution in [0.4, 0.5) is 11.4 Å². The molecule has 28 heavy (non-hydrogen) atoms. The topological polar surface area (TPSA) is 71.0 Å². The standard InChI is InChI=1S/C21H22ClN3O3/c1-14(26)23-17-7-5-16(6-8-17)20-24-19(21(27)28-20)13-15-3-9-18(10-4-15)25(2)12-11-22/h3-10,19H,11-13H2,1-2H3,(H,23,26). The Labute approximate surface area is 169 Å². The van der Waals surface area contributed by atoms with Crippen molar-refractivity contribution >= 4 is 40.7 Å². The molecule has 0 radical (unpaired) electrons. The van der Waals surface area contributed by atoms with Crippen LogP contribution in [0.25, 0.3) is 0 Å². The molecule has 0 aromatic heterocycles. The highest BCUT2D eigenvalue weighted by atomic mass is 35.5. The summed E-state index contributed by atoms with van der Waals surface area (Å²) in [5.41, 5.74) is 3.46. The van der Waals surface area contributed by atoms with Gasteiger partial charge in [0.15, 0.2) is 6.04 Å². The maximum Gasteiger partial charge on any atom is 0.338 e. The molecule has 0 saturated heterocycles. The van der Waals surface area contributed by atoms with Gasteiger partial charge in [-0.1, -0.05) is 12.1 Å². The normalized spacial score (nSPS) is 15.8. The summed E-state index contributed by atoms with van der Waals surface area (Å²) in [4.78, 5) is 29.8. The van der Waals surface area contributed by atoms with Crippen LogP contribution < -0.4 is 10.2 Å². The summed E-state index contributed by atoms with van der Waals surface area (Å²) in [7, 11) is 1.99. The number of carbonyl (C=O) groups excluding carboxylic acids is 2. The molecule has 3 rings (SSSR count). The zero-order valence-corrected chi connectivity index (χ0v) is 16.6. The Bertz CT molecular complexity index is 879.